The first-order valence-corrected chi connectivity index (χ1v) is 8.62. The number of phenolic OH excluding ortho intramolecular Hbond substituents is 1. The van der Waals surface area contributed by atoms with E-state index >= 15 is 0 Å². The van der Waals surface area contributed by atoms with E-state index in [2.05, 4.69) is 4.72 Å². The lowest BCUT2D eigenvalue weighted by molar-refractivity contribution is 0.448. The van der Waals surface area contributed by atoms with Crippen molar-refractivity contribution in [3.05, 3.63) is 46.7 Å². The first kappa shape index (κ1) is 15.0. The van der Waals surface area contributed by atoms with E-state index in [1.807, 2.05) is 31.4 Å². The minimum Gasteiger partial charge on any atom is -0.507 e. The van der Waals surface area contributed by atoms with E-state index in [4.69, 9.17) is 0 Å². The lowest BCUT2D eigenvalue weighted by atomic mass is 10.0. The zero-order chi connectivity index (χ0) is 14.8. The highest BCUT2D eigenvalue weighted by atomic mass is 32.2. The van der Waals surface area contributed by atoms with E-state index in [1.165, 1.54) is 23.5 Å². The molecular weight excluding hydrogens is 294 g/mol. The van der Waals surface area contributed by atoms with Gasteiger partial charge in [-0.3, -0.25) is 0 Å². The Morgan fingerprint density at radius 3 is 2.40 bits per heavy atom. The van der Waals surface area contributed by atoms with Gasteiger partial charge in [0, 0.05) is 4.88 Å². The predicted molar refractivity (Wildman–Crippen MR) is 80.3 cm³/mol. The molecule has 1 unspecified atom stereocenters. The minimum absolute atomic E-state index is 0.0952. The van der Waals surface area contributed by atoms with Gasteiger partial charge in [0.1, 0.15) is 10.6 Å². The second kappa shape index (κ2) is 5.95. The topological polar surface area (TPSA) is 66.4 Å². The summed E-state index contributed by atoms with van der Waals surface area (Å²) in [5.41, 5.74) is 0. The summed E-state index contributed by atoms with van der Waals surface area (Å²) in [6.45, 7) is 3.91. The number of rotatable bonds is 5. The normalized spacial score (nSPS) is 13.6. The Morgan fingerprint density at radius 1 is 1.15 bits per heavy atom. The molecule has 0 fully saturated rings. The van der Waals surface area contributed by atoms with Crippen LogP contribution in [-0.4, -0.2) is 13.5 Å². The summed E-state index contributed by atoms with van der Waals surface area (Å²) in [6, 6.07) is 9.43. The summed E-state index contributed by atoms with van der Waals surface area (Å²) in [5.74, 6) is -0.136. The largest absolute Gasteiger partial charge is 0.507 e. The molecule has 0 bridgehead atoms. The van der Waals surface area contributed by atoms with Gasteiger partial charge in [0.2, 0.25) is 10.0 Å². The van der Waals surface area contributed by atoms with Crippen LogP contribution in [0.2, 0.25) is 0 Å². The Hall–Kier alpha value is -1.37. The van der Waals surface area contributed by atoms with Crippen LogP contribution >= 0.6 is 11.3 Å². The highest BCUT2D eigenvalue weighted by molar-refractivity contribution is 7.89. The van der Waals surface area contributed by atoms with Gasteiger partial charge in [0.05, 0.1) is 6.04 Å². The SMILES string of the molecule is CC(C)C(NS(=O)(=O)c1ccccc1O)c1cccs1. The fraction of sp³-hybridized carbons (Fsp3) is 0.286. The molecule has 2 N–H and O–H groups in total. The number of benzene rings is 1. The third-order valence-corrected chi connectivity index (χ3v) is 5.40. The monoisotopic (exact) mass is 311 g/mol. The highest BCUT2D eigenvalue weighted by Crippen LogP contribution is 2.29. The Bertz CT molecular complexity index is 663. The molecule has 6 heteroatoms. The number of nitrogens with one attached hydrogen (secondary N) is 1. The van der Waals surface area contributed by atoms with Gasteiger partial charge in [-0.15, -0.1) is 11.3 Å². The van der Waals surface area contributed by atoms with Crippen LogP contribution in [0.15, 0.2) is 46.7 Å². The van der Waals surface area contributed by atoms with E-state index < -0.39 is 10.0 Å². The summed E-state index contributed by atoms with van der Waals surface area (Å²) in [6.07, 6.45) is 0. The predicted octanol–water partition coefficient (Wildman–Crippen LogP) is 3.13. The summed E-state index contributed by atoms with van der Waals surface area (Å²) in [5, 5.41) is 11.6. The van der Waals surface area contributed by atoms with Crippen molar-refractivity contribution in [3.63, 3.8) is 0 Å². The molecule has 2 aromatic rings. The van der Waals surface area contributed by atoms with Crippen LogP contribution in [0.3, 0.4) is 0 Å². The molecule has 1 aromatic heterocycles. The minimum atomic E-state index is -3.75. The van der Waals surface area contributed by atoms with E-state index in [0.29, 0.717) is 0 Å². The van der Waals surface area contributed by atoms with Gasteiger partial charge in [-0.25, -0.2) is 13.1 Å². The molecule has 0 saturated carbocycles. The molecular formula is C14H17NO3S2. The quantitative estimate of drug-likeness (QED) is 0.891. The number of thiophene rings is 1. The maximum Gasteiger partial charge on any atom is 0.244 e. The maximum absolute atomic E-state index is 12.4. The number of sulfonamides is 1. The number of phenols is 1. The van der Waals surface area contributed by atoms with Crippen molar-refractivity contribution in [1.29, 1.82) is 0 Å². The molecule has 0 aliphatic rings. The summed E-state index contributed by atoms with van der Waals surface area (Å²) >= 11 is 1.51. The van der Waals surface area contributed by atoms with Crippen LogP contribution < -0.4 is 4.72 Å². The molecule has 0 saturated heterocycles. The Labute approximate surface area is 123 Å². The van der Waals surface area contributed by atoms with Crippen molar-refractivity contribution in [1.82, 2.24) is 4.72 Å². The molecule has 20 heavy (non-hydrogen) atoms. The fourth-order valence-corrected chi connectivity index (χ4v) is 4.39. The average molecular weight is 311 g/mol. The van der Waals surface area contributed by atoms with E-state index in [-0.39, 0.29) is 22.6 Å². The zero-order valence-electron chi connectivity index (χ0n) is 11.3. The van der Waals surface area contributed by atoms with Gasteiger partial charge in [0.15, 0.2) is 0 Å². The molecule has 1 heterocycles. The molecule has 1 atom stereocenters. The molecule has 0 aliphatic carbocycles. The molecule has 0 radical (unpaired) electrons. The Balaban J connectivity index is 2.34. The Kier molecular flexibility index (Phi) is 4.47. The number of para-hydroxylation sites is 1. The first-order chi connectivity index (χ1) is 9.42. The molecule has 108 valence electrons. The molecule has 4 nitrogen and oxygen atoms in total. The van der Waals surface area contributed by atoms with Crippen LogP contribution in [0.1, 0.15) is 24.8 Å². The van der Waals surface area contributed by atoms with Gasteiger partial charge in [0.25, 0.3) is 0 Å². The van der Waals surface area contributed by atoms with Crippen molar-refractivity contribution in [2.24, 2.45) is 5.92 Å². The smallest absolute Gasteiger partial charge is 0.244 e. The van der Waals surface area contributed by atoms with Crippen molar-refractivity contribution < 1.29 is 13.5 Å². The van der Waals surface area contributed by atoms with Crippen molar-refractivity contribution in [2.45, 2.75) is 24.8 Å². The van der Waals surface area contributed by atoms with E-state index in [1.54, 1.807) is 12.1 Å². The number of hydrogen-bond donors (Lipinski definition) is 2. The third kappa shape index (κ3) is 3.20. The number of hydrogen-bond acceptors (Lipinski definition) is 4. The van der Waals surface area contributed by atoms with Crippen LogP contribution in [-0.2, 0) is 10.0 Å². The summed E-state index contributed by atoms with van der Waals surface area (Å²) in [7, 11) is -3.75. The van der Waals surface area contributed by atoms with Gasteiger partial charge in [-0.2, -0.15) is 0 Å². The summed E-state index contributed by atoms with van der Waals surface area (Å²) < 4.78 is 27.5. The maximum atomic E-state index is 12.4. The lowest BCUT2D eigenvalue weighted by Gasteiger charge is -2.21. The second-order valence-electron chi connectivity index (χ2n) is 4.83. The van der Waals surface area contributed by atoms with Crippen molar-refractivity contribution in [3.8, 4) is 5.75 Å². The van der Waals surface area contributed by atoms with E-state index in [0.717, 1.165) is 4.88 Å². The van der Waals surface area contributed by atoms with Crippen LogP contribution in [0, 0.1) is 5.92 Å². The molecule has 0 aliphatic heterocycles. The fourth-order valence-electron chi connectivity index (χ4n) is 1.91. The average Bonchev–Trinajstić information content (AvgIpc) is 2.89. The first-order valence-electron chi connectivity index (χ1n) is 6.25. The number of aromatic hydroxyl groups is 1. The van der Waals surface area contributed by atoms with Crippen LogP contribution in [0.4, 0.5) is 0 Å². The zero-order valence-corrected chi connectivity index (χ0v) is 12.9. The van der Waals surface area contributed by atoms with Crippen molar-refractivity contribution in [2.75, 3.05) is 0 Å². The van der Waals surface area contributed by atoms with E-state index in [9.17, 15) is 13.5 Å². The Morgan fingerprint density at radius 2 is 1.85 bits per heavy atom. The summed E-state index contributed by atoms with van der Waals surface area (Å²) in [4.78, 5) is 0.862. The van der Waals surface area contributed by atoms with Gasteiger partial charge >= 0.3 is 0 Å². The van der Waals surface area contributed by atoms with Crippen molar-refractivity contribution >= 4 is 21.4 Å². The van der Waals surface area contributed by atoms with Gasteiger partial charge < -0.3 is 5.11 Å². The standard InChI is InChI=1S/C14H17NO3S2/c1-10(2)14(12-7-5-9-19-12)15-20(17,18)13-8-4-3-6-11(13)16/h3-10,14-16H,1-2H3. The molecule has 0 amide bonds. The molecule has 0 spiro atoms. The highest BCUT2D eigenvalue weighted by Gasteiger charge is 2.26. The van der Waals surface area contributed by atoms with Crippen LogP contribution in [0.5, 0.6) is 5.75 Å². The third-order valence-electron chi connectivity index (χ3n) is 2.95. The lowest BCUT2D eigenvalue weighted by Crippen LogP contribution is -2.31. The van der Waals surface area contributed by atoms with Gasteiger partial charge in [-0.05, 0) is 29.5 Å². The second-order valence-corrected chi connectivity index (χ2v) is 7.49. The van der Waals surface area contributed by atoms with Crippen LogP contribution in [0.25, 0.3) is 0 Å². The molecule has 2 rings (SSSR count). The molecule has 1 aromatic carbocycles. The van der Waals surface area contributed by atoms with Gasteiger partial charge in [-0.1, -0.05) is 32.0 Å².